The van der Waals surface area contributed by atoms with Crippen molar-refractivity contribution in [2.24, 2.45) is 0 Å². The molecule has 0 atom stereocenters. The summed E-state index contributed by atoms with van der Waals surface area (Å²) in [6, 6.07) is 17.0. The molecule has 0 aliphatic carbocycles. The average Bonchev–Trinajstić information content (AvgIpc) is 3.70. The number of esters is 2. The molecule has 3 heterocycles. The number of benzene rings is 2. The molecule has 0 amide bonds. The van der Waals surface area contributed by atoms with Crippen molar-refractivity contribution in [3.8, 4) is 33.5 Å². The summed E-state index contributed by atoms with van der Waals surface area (Å²) in [5.74, 6) is -0.385. The standard InChI is InChI=1S/C37H40ClN5O6S2Si/c1-37(2,3)52(6,7)49-17-16-48-26-14-10-22(11-15-26)29-27(18-39)35(51-21-25-20-50-34(41-25)23-8-12-24(38)13-9-23)42-33-30(29)31(40)32(36(45)47-5)43(33)19-28(44)46-4/h8-15,20H,16-17,19,21,40H2,1-7H3. The van der Waals surface area contributed by atoms with Gasteiger partial charge >= 0.3 is 11.9 Å². The molecule has 0 aliphatic heterocycles. The predicted molar refractivity (Wildman–Crippen MR) is 208 cm³/mol. The molecule has 0 spiro atoms. The van der Waals surface area contributed by atoms with E-state index >= 15 is 0 Å². The Balaban J connectivity index is 1.55. The van der Waals surface area contributed by atoms with Gasteiger partial charge in [-0.25, -0.2) is 14.8 Å². The zero-order valence-corrected chi connectivity index (χ0v) is 33.4. The number of ether oxygens (including phenoxy) is 3. The van der Waals surface area contributed by atoms with Crippen molar-refractivity contribution >= 4 is 71.7 Å². The third-order valence-corrected chi connectivity index (χ3v) is 15.7. The Morgan fingerprint density at radius 3 is 2.31 bits per heavy atom. The molecule has 0 saturated heterocycles. The molecule has 11 nitrogen and oxygen atoms in total. The van der Waals surface area contributed by atoms with Gasteiger partial charge < -0.3 is 28.9 Å². The maximum atomic E-state index is 13.1. The molecule has 0 aliphatic rings. The van der Waals surface area contributed by atoms with Crippen molar-refractivity contribution in [1.82, 2.24) is 14.5 Å². The Kier molecular flexibility index (Phi) is 12.0. The second kappa shape index (κ2) is 16.1. The SMILES string of the molecule is COC(=O)Cn1c(C(=O)OC)c(N)c2c(-c3ccc(OCCO[Si](C)(C)C(C)(C)C)cc3)c(C#N)c(SCc3csc(-c4ccc(Cl)cc4)n3)nc21. The Labute approximate surface area is 317 Å². The summed E-state index contributed by atoms with van der Waals surface area (Å²) in [5.41, 5.74) is 9.90. The number of methoxy groups -OCH3 is 2. The zero-order valence-electron chi connectivity index (χ0n) is 30.0. The molecule has 2 aromatic carbocycles. The molecule has 272 valence electrons. The van der Waals surface area contributed by atoms with Crippen molar-refractivity contribution < 1.29 is 28.2 Å². The average molecular weight is 778 g/mol. The largest absolute Gasteiger partial charge is 0.491 e. The van der Waals surface area contributed by atoms with Crippen LogP contribution in [0.1, 0.15) is 42.5 Å². The highest BCUT2D eigenvalue weighted by molar-refractivity contribution is 7.98. The highest BCUT2D eigenvalue weighted by Gasteiger charge is 2.37. The highest BCUT2D eigenvalue weighted by atomic mass is 35.5. The summed E-state index contributed by atoms with van der Waals surface area (Å²) in [7, 11) is 0.554. The van der Waals surface area contributed by atoms with Crippen LogP contribution in [0.15, 0.2) is 58.9 Å². The van der Waals surface area contributed by atoms with E-state index in [0.29, 0.717) is 51.3 Å². The number of nitrogen functional groups attached to an aromatic ring is 1. The quantitative estimate of drug-likeness (QED) is 0.0530. The van der Waals surface area contributed by atoms with Gasteiger partial charge in [-0.1, -0.05) is 68.4 Å². The minimum atomic E-state index is -1.92. The summed E-state index contributed by atoms with van der Waals surface area (Å²) in [5, 5.41) is 14.9. The number of thiazole rings is 1. The monoisotopic (exact) mass is 777 g/mol. The number of nitrogens with zero attached hydrogens (tertiary/aromatic N) is 4. The lowest BCUT2D eigenvalue weighted by Gasteiger charge is -2.36. The Morgan fingerprint density at radius 2 is 1.69 bits per heavy atom. The maximum absolute atomic E-state index is 13.1. The van der Waals surface area contributed by atoms with E-state index in [1.807, 2.05) is 41.8 Å². The number of thioether (sulfide) groups is 1. The minimum absolute atomic E-state index is 0.0246. The lowest BCUT2D eigenvalue weighted by atomic mass is 9.98. The first-order chi connectivity index (χ1) is 24.7. The van der Waals surface area contributed by atoms with Gasteiger partial charge in [0.15, 0.2) is 14.0 Å². The number of anilines is 1. The van der Waals surface area contributed by atoms with Crippen LogP contribution < -0.4 is 10.5 Å². The van der Waals surface area contributed by atoms with Gasteiger partial charge in [0.2, 0.25) is 0 Å². The van der Waals surface area contributed by atoms with Crippen LogP contribution in [0.5, 0.6) is 5.75 Å². The predicted octanol–water partition coefficient (Wildman–Crippen LogP) is 8.59. The number of rotatable bonds is 13. The van der Waals surface area contributed by atoms with E-state index in [1.165, 1.54) is 41.9 Å². The summed E-state index contributed by atoms with van der Waals surface area (Å²) in [6.45, 7) is 11.4. The number of pyridine rings is 1. The van der Waals surface area contributed by atoms with Crippen LogP contribution in [0.3, 0.4) is 0 Å². The first-order valence-electron chi connectivity index (χ1n) is 16.3. The van der Waals surface area contributed by atoms with E-state index in [1.54, 1.807) is 12.1 Å². The molecule has 3 aromatic heterocycles. The fourth-order valence-corrected chi connectivity index (χ4v) is 8.12. The number of carbonyl (C=O) groups is 2. The van der Waals surface area contributed by atoms with Gasteiger partial charge in [0.05, 0.1) is 43.2 Å². The number of halogens is 1. The van der Waals surface area contributed by atoms with Crippen molar-refractivity contribution in [1.29, 1.82) is 5.26 Å². The summed E-state index contributed by atoms with van der Waals surface area (Å²) < 4.78 is 23.6. The molecule has 0 bridgehead atoms. The first kappa shape index (κ1) is 38.8. The van der Waals surface area contributed by atoms with Crippen molar-refractivity contribution in [2.75, 3.05) is 33.2 Å². The first-order valence-corrected chi connectivity index (χ1v) is 21.5. The smallest absolute Gasteiger partial charge is 0.356 e. The highest BCUT2D eigenvalue weighted by Crippen LogP contribution is 2.43. The lowest BCUT2D eigenvalue weighted by Crippen LogP contribution is -2.41. The molecular formula is C37H40ClN5O6S2Si. The summed E-state index contributed by atoms with van der Waals surface area (Å²) in [6.07, 6.45) is 0. The summed E-state index contributed by atoms with van der Waals surface area (Å²) in [4.78, 5) is 35.3. The van der Waals surface area contributed by atoms with Crippen LogP contribution >= 0.6 is 34.7 Å². The molecule has 15 heteroatoms. The normalized spacial score (nSPS) is 11.8. The van der Waals surface area contributed by atoms with Gasteiger partial charge in [0.1, 0.15) is 40.7 Å². The van der Waals surface area contributed by atoms with Gasteiger partial charge in [-0.05, 0) is 48.0 Å². The lowest BCUT2D eigenvalue weighted by molar-refractivity contribution is -0.141. The second-order valence-electron chi connectivity index (χ2n) is 13.3. The van der Waals surface area contributed by atoms with E-state index in [2.05, 4.69) is 39.9 Å². The molecule has 0 saturated carbocycles. The van der Waals surface area contributed by atoms with Crippen LogP contribution in [0.25, 0.3) is 32.7 Å². The third kappa shape index (κ3) is 8.29. The van der Waals surface area contributed by atoms with Gasteiger partial charge in [-0.15, -0.1) is 11.3 Å². The number of aromatic nitrogens is 3. The number of hydrogen-bond acceptors (Lipinski definition) is 12. The van der Waals surface area contributed by atoms with Gasteiger partial charge in [0.25, 0.3) is 0 Å². The molecule has 2 N–H and O–H groups in total. The maximum Gasteiger partial charge on any atom is 0.356 e. The number of carbonyl (C=O) groups excluding carboxylic acids is 2. The van der Waals surface area contributed by atoms with E-state index in [9.17, 15) is 14.9 Å². The zero-order chi connectivity index (χ0) is 37.8. The molecule has 52 heavy (non-hydrogen) atoms. The molecule has 0 radical (unpaired) electrons. The van der Waals surface area contributed by atoms with E-state index < -0.39 is 20.3 Å². The molecule has 5 rings (SSSR count). The van der Waals surface area contributed by atoms with Crippen LogP contribution in [0, 0.1) is 11.3 Å². The Bertz CT molecular complexity index is 2140. The molecular weight excluding hydrogens is 738 g/mol. The van der Waals surface area contributed by atoms with Crippen LogP contribution in [-0.2, 0) is 31.0 Å². The van der Waals surface area contributed by atoms with E-state index in [4.69, 9.17) is 45.9 Å². The van der Waals surface area contributed by atoms with Crippen LogP contribution in [0.4, 0.5) is 5.69 Å². The van der Waals surface area contributed by atoms with Crippen LogP contribution in [-0.4, -0.2) is 62.2 Å². The fourth-order valence-electron chi connectivity index (χ4n) is 5.16. The Morgan fingerprint density at radius 1 is 1.02 bits per heavy atom. The second-order valence-corrected chi connectivity index (χ2v) is 20.4. The molecule has 0 fully saturated rings. The number of fused-ring (bicyclic) bond motifs is 1. The van der Waals surface area contributed by atoms with Gasteiger partial charge in [-0.3, -0.25) is 4.79 Å². The molecule has 0 unspecified atom stereocenters. The fraction of sp³-hybridized carbons (Fsp3) is 0.324. The van der Waals surface area contributed by atoms with Crippen molar-refractivity contribution in [2.45, 2.75) is 56.2 Å². The van der Waals surface area contributed by atoms with Crippen LogP contribution in [0.2, 0.25) is 23.2 Å². The number of nitrogens with two attached hydrogens (primary N) is 1. The van der Waals surface area contributed by atoms with Gasteiger partial charge in [0, 0.05) is 27.3 Å². The van der Waals surface area contributed by atoms with Crippen molar-refractivity contribution in [3.05, 3.63) is 75.9 Å². The van der Waals surface area contributed by atoms with Gasteiger partial charge in [-0.2, -0.15) is 5.26 Å². The topological polar surface area (TPSA) is 152 Å². The number of nitriles is 1. The third-order valence-electron chi connectivity index (χ3n) is 8.96. The minimum Gasteiger partial charge on any atom is -0.491 e. The Hall–Kier alpha value is -4.39. The molecule has 5 aromatic rings. The van der Waals surface area contributed by atoms with E-state index in [-0.39, 0.29) is 34.2 Å². The van der Waals surface area contributed by atoms with Crippen molar-refractivity contribution in [3.63, 3.8) is 0 Å². The van der Waals surface area contributed by atoms with E-state index in [0.717, 1.165) is 16.3 Å². The summed E-state index contributed by atoms with van der Waals surface area (Å²) >= 11 is 8.87. The number of hydrogen-bond donors (Lipinski definition) is 1.